The quantitative estimate of drug-likeness (QED) is 0.686. The van der Waals surface area contributed by atoms with Gasteiger partial charge in [-0.1, -0.05) is 44.0 Å². The summed E-state index contributed by atoms with van der Waals surface area (Å²) in [5.74, 6) is 0.320. The number of hydrogen-bond acceptors (Lipinski definition) is 2. The number of phenols is 1. The van der Waals surface area contributed by atoms with Gasteiger partial charge in [-0.2, -0.15) is 0 Å². The van der Waals surface area contributed by atoms with Crippen LogP contribution in [-0.2, 0) is 0 Å². The standard InChI is InChI=1S/C12H8O.C5H12O/c13-10-4-1-8(2-5-10)11-6-3-9-7-12(9)11;1-2-3-4-5-6/h1-7,13H;6H,2-5H2,1H3. The molecule has 2 nitrogen and oxygen atoms in total. The second-order valence-electron chi connectivity index (χ2n) is 4.74. The van der Waals surface area contributed by atoms with Gasteiger partial charge in [0.1, 0.15) is 5.75 Å². The average Bonchev–Trinajstić information content (AvgIpc) is 3.10. The van der Waals surface area contributed by atoms with Gasteiger partial charge in [-0.25, -0.2) is 0 Å². The molecule has 2 aliphatic carbocycles. The van der Waals surface area contributed by atoms with E-state index in [-0.39, 0.29) is 0 Å². The molecule has 0 fully saturated rings. The van der Waals surface area contributed by atoms with Crippen molar-refractivity contribution in [3.63, 3.8) is 0 Å². The van der Waals surface area contributed by atoms with Crippen LogP contribution in [0.1, 0.15) is 26.2 Å². The first-order valence-electron chi connectivity index (χ1n) is 6.81. The number of fused-ring (bicyclic) bond motifs is 1. The molecule has 19 heavy (non-hydrogen) atoms. The number of benzene rings is 2. The minimum absolute atomic E-state index is 0.320. The molecule has 0 saturated carbocycles. The number of unbranched alkanes of at least 4 members (excludes halogenated alkanes) is 2. The zero-order valence-corrected chi connectivity index (χ0v) is 11.3. The van der Waals surface area contributed by atoms with Crippen molar-refractivity contribution in [2.24, 2.45) is 0 Å². The second-order valence-corrected chi connectivity index (χ2v) is 4.74. The molecule has 2 aliphatic rings. The van der Waals surface area contributed by atoms with Gasteiger partial charge < -0.3 is 10.2 Å². The maximum atomic E-state index is 9.13. The van der Waals surface area contributed by atoms with E-state index in [2.05, 4.69) is 25.1 Å². The zero-order valence-electron chi connectivity index (χ0n) is 11.3. The summed E-state index contributed by atoms with van der Waals surface area (Å²) in [6.07, 6.45) is 3.33. The van der Waals surface area contributed by atoms with Gasteiger partial charge in [0.15, 0.2) is 0 Å². The van der Waals surface area contributed by atoms with Crippen LogP contribution >= 0.6 is 0 Å². The second kappa shape index (κ2) is 6.39. The molecule has 0 atom stereocenters. The maximum absolute atomic E-state index is 9.13. The summed E-state index contributed by atoms with van der Waals surface area (Å²) >= 11 is 0. The highest BCUT2D eigenvalue weighted by atomic mass is 16.3. The normalized spacial score (nSPS) is 10.6. The molecule has 2 N–H and O–H groups in total. The predicted octanol–water partition coefficient (Wildman–Crippen LogP) is 4.21. The Bertz CT molecular complexity index is 525. The van der Waals surface area contributed by atoms with Crippen LogP contribution in [0.15, 0.2) is 42.5 Å². The van der Waals surface area contributed by atoms with Crippen LogP contribution in [0.5, 0.6) is 5.75 Å². The van der Waals surface area contributed by atoms with Crippen LogP contribution < -0.4 is 0 Å². The molecule has 0 spiro atoms. The molecule has 0 aromatic heterocycles. The van der Waals surface area contributed by atoms with E-state index in [1.54, 1.807) is 12.1 Å². The molecule has 2 heteroatoms. The summed E-state index contributed by atoms with van der Waals surface area (Å²) in [6.45, 7) is 2.48. The van der Waals surface area contributed by atoms with Gasteiger partial charge in [0.05, 0.1) is 0 Å². The first-order valence-corrected chi connectivity index (χ1v) is 6.81. The summed E-state index contributed by atoms with van der Waals surface area (Å²) in [6, 6.07) is 13.7. The van der Waals surface area contributed by atoms with Crippen molar-refractivity contribution in [1.29, 1.82) is 0 Å². The first-order chi connectivity index (χ1) is 9.26. The summed E-state index contributed by atoms with van der Waals surface area (Å²) in [4.78, 5) is 0. The van der Waals surface area contributed by atoms with Crippen molar-refractivity contribution >= 4 is 0 Å². The lowest BCUT2D eigenvalue weighted by atomic mass is 10.1. The minimum Gasteiger partial charge on any atom is -0.508 e. The largest absolute Gasteiger partial charge is 0.508 e. The Balaban J connectivity index is 0.000000192. The SMILES string of the molecule is CCCCCO.Oc1ccc(-c2ccc3cc2-3)cc1. The van der Waals surface area contributed by atoms with Gasteiger partial charge >= 0.3 is 0 Å². The summed E-state index contributed by atoms with van der Waals surface area (Å²) in [5, 5.41) is 17.3. The molecule has 3 rings (SSSR count). The Morgan fingerprint density at radius 2 is 1.53 bits per heavy atom. The van der Waals surface area contributed by atoms with Crippen LogP contribution in [0.25, 0.3) is 22.3 Å². The number of aromatic hydroxyl groups is 1. The molecule has 0 heterocycles. The van der Waals surface area contributed by atoms with E-state index in [0.29, 0.717) is 12.4 Å². The van der Waals surface area contributed by atoms with Crippen molar-refractivity contribution < 1.29 is 10.2 Å². The third kappa shape index (κ3) is 3.58. The molecular weight excluding hydrogens is 236 g/mol. The number of aliphatic hydroxyl groups is 1. The van der Waals surface area contributed by atoms with Crippen molar-refractivity contribution in [3.05, 3.63) is 42.5 Å². The monoisotopic (exact) mass is 256 g/mol. The van der Waals surface area contributed by atoms with Gasteiger partial charge in [0.2, 0.25) is 0 Å². The zero-order chi connectivity index (χ0) is 13.7. The molecule has 0 unspecified atom stereocenters. The Morgan fingerprint density at radius 1 is 0.842 bits per heavy atom. The van der Waals surface area contributed by atoms with E-state index < -0.39 is 0 Å². The molecule has 0 bridgehead atoms. The lowest BCUT2D eigenvalue weighted by molar-refractivity contribution is 0.284. The fraction of sp³-hybridized carbons (Fsp3) is 0.294. The molecule has 0 amide bonds. The van der Waals surface area contributed by atoms with Gasteiger partial charge in [-0.05, 0) is 46.9 Å². The van der Waals surface area contributed by atoms with E-state index in [1.807, 2.05) is 12.1 Å². The van der Waals surface area contributed by atoms with E-state index >= 15 is 0 Å². The van der Waals surface area contributed by atoms with Crippen LogP contribution in [-0.4, -0.2) is 16.8 Å². The molecule has 100 valence electrons. The summed E-state index contributed by atoms with van der Waals surface area (Å²) in [5.41, 5.74) is 5.15. The number of phenolic OH excluding ortho intramolecular Hbond substituents is 1. The van der Waals surface area contributed by atoms with Crippen molar-refractivity contribution in [2.45, 2.75) is 26.2 Å². The molecular formula is C17H20O2. The van der Waals surface area contributed by atoms with E-state index in [0.717, 1.165) is 12.8 Å². The van der Waals surface area contributed by atoms with E-state index in [4.69, 9.17) is 10.2 Å². The summed E-state index contributed by atoms with van der Waals surface area (Å²) in [7, 11) is 0. The fourth-order valence-corrected chi connectivity index (χ4v) is 2.01. The third-order valence-corrected chi connectivity index (χ3v) is 3.19. The predicted molar refractivity (Wildman–Crippen MR) is 79.1 cm³/mol. The number of rotatable bonds is 4. The first kappa shape index (κ1) is 13.6. The van der Waals surface area contributed by atoms with Crippen molar-refractivity contribution in [1.82, 2.24) is 0 Å². The Morgan fingerprint density at radius 3 is 1.95 bits per heavy atom. The van der Waals surface area contributed by atoms with Gasteiger partial charge in [0, 0.05) is 6.61 Å². The highest BCUT2D eigenvalue weighted by Crippen LogP contribution is 2.43. The van der Waals surface area contributed by atoms with Gasteiger partial charge in [-0.3, -0.25) is 0 Å². The van der Waals surface area contributed by atoms with Crippen molar-refractivity contribution in [3.8, 4) is 28.0 Å². The lowest BCUT2D eigenvalue weighted by Crippen LogP contribution is -1.78. The Hall–Kier alpha value is -1.80. The number of aliphatic hydroxyl groups excluding tert-OH is 1. The lowest BCUT2D eigenvalue weighted by Gasteiger charge is -1.97. The summed E-state index contributed by atoms with van der Waals surface area (Å²) < 4.78 is 0. The van der Waals surface area contributed by atoms with Crippen LogP contribution in [0.3, 0.4) is 0 Å². The van der Waals surface area contributed by atoms with E-state index in [9.17, 15) is 0 Å². The third-order valence-electron chi connectivity index (χ3n) is 3.19. The Labute approximate surface area is 114 Å². The van der Waals surface area contributed by atoms with Crippen LogP contribution in [0.4, 0.5) is 0 Å². The average molecular weight is 256 g/mol. The number of hydrogen-bond donors (Lipinski definition) is 2. The highest BCUT2D eigenvalue weighted by Gasteiger charge is 2.17. The molecule has 0 radical (unpaired) electrons. The highest BCUT2D eigenvalue weighted by molar-refractivity contribution is 5.96. The van der Waals surface area contributed by atoms with Gasteiger partial charge in [-0.15, -0.1) is 0 Å². The molecule has 1 aromatic carbocycles. The topological polar surface area (TPSA) is 40.5 Å². The van der Waals surface area contributed by atoms with Crippen molar-refractivity contribution in [2.75, 3.05) is 6.61 Å². The van der Waals surface area contributed by atoms with Crippen LogP contribution in [0.2, 0.25) is 0 Å². The molecule has 1 aromatic rings. The van der Waals surface area contributed by atoms with Crippen LogP contribution in [0, 0.1) is 0 Å². The van der Waals surface area contributed by atoms with Gasteiger partial charge in [0.25, 0.3) is 0 Å². The minimum atomic E-state index is 0.320. The maximum Gasteiger partial charge on any atom is 0.115 e. The molecule has 0 aliphatic heterocycles. The smallest absolute Gasteiger partial charge is 0.115 e. The molecule has 0 saturated heterocycles. The fourth-order valence-electron chi connectivity index (χ4n) is 2.01. The van der Waals surface area contributed by atoms with E-state index in [1.165, 1.54) is 28.7 Å². The Kier molecular flexibility index (Phi) is 4.58.